The lowest BCUT2D eigenvalue weighted by atomic mass is 10.2. The summed E-state index contributed by atoms with van der Waals surface area (Å²) >= 11 is 0. The van der Waals surface area contributed by atoms with Gasteiger partial charge in [0.25, 0.3) is 17.7 Å². The Morgan fingerprint density at radius 2 is 1.74 bits per heavy atom. The molecule has 1 aromatic rings. The second kappa shape index (κ2) is 7.39. The molecule has 8 heteroatoms. The third kappa shape index (κ3) is 4.29. The number of hydroxylamine groups is 2. The Hall–Kier alpha value is -2.90. The highest BCUT2D eigenvalue weighted by Crippen LogP contribution is 2.16. The molecule has 1 N–H and O–H groups in total. The molecular weight excluding hydrogens is 304 g/mol. The molecule has 8 nitrogen and oxygen atoms in total. The predicted molar refractivity (Wildman–Crippen MR) is 77.3 cm³/mol. The number of rotatable bonds is 5. The van der Waals surface area contributed by atoms with E-state index in [4.69, 9.17) is 4.74 Å². The zero-order valence-corrected chi connectivity index (χ0v) is 12.5. The Bertz CT molecular complexity index is 609. The summed E-state index contributed by atoms with van der Waals surface area (Å²) in [7, 11) is 0. The van der Waals surface area contributed by atoms with Crippen LogP contribution in [0.15, 0.2) is 24.3 Å². The monoisotopic (exact) mass is 320 g/mol. The van der Waals surface area contributed by atoms with Gasteiger partial charge in [-0.2, -0.15) is 0 Å². The van der Waals surface area contributed by atoms with Gasteiger partial charge in [0, 0.05) is 24.9 Å². The van der Waals surface area contributed by atoms with Crippen molar-refractivity contribution in [2.45, 2.75) is 26.2 Å². The van der Waals surface area contributed by atoms with E-state index >= 15 is 0 Å². The zero-order valence-electron chi connectivity index (χ0n) is 12.5. The van der Waals surface area contributed by atoms with Gasteiger partial charge in [-0.1, -0.05) is 12.0 Å². The quantitative estimate of drug-likeness (QED) is 0.500. The first-order chi connectivity index (χ1) is 11.0. The molecule has 122 valence electrons. The van der Waals surface area contributed by atoms with Crippen molar-refractivity contribution in [2.24, 2.45) is 0 Å². The maximum atomic E-state index is 11.7. The third-order valence-electron chi connectivity index (χ3n) is 3.02. The van der Waals surface area contributed by atoms with E-state index in [1.165, 1.54) is 24.3 Å². The van der Waals surface area contributed by atoms with Gasteiger partial charge in [-0.25, -0.2) is 4.79 Å². The number of hydrogen-bond donors (Lipinski definition) is 1. The van der Waals surface area contributed by atoms with Crippen LogP contribution in [-0.2, 0) is 14.4 Å². The minimum atomic E-state index is -1.20. The molecule has 1 aromatic carbocycles. The Labute approximate surface area is 132 Å². The van der Waals surface area contributed by atoms with Gasteiger partial charge in [-0.05, 0) is 30.7 Å². The third-order valence-corrected chi connectivity index (χ3v) is 3.02. The van der Waals surface area contributed by atoms with Crippen LogP contribution in [0.4, 0.5) is 4.79 Å². The minimum Gasteiger partial charge on any atom is -0.393 e. The summed E-state index contributed by atoms with van der Waals surface area (Å²) in [6.45, 7) is 2.51. The summed E-state index contributed by atoms with van der Waals surface area (Å²) < 4.78 is 4.85. The van der Waals surface area contributed by atoms with Crippen molar-refractivity contribution < 1.29 is 28.8 Å². The molecule has 3 amide bonds. The van der Waals surface area contributed by atoms with Gasteiger partial charge in [-0.3, -0.25) is 19.2 Å². The van der Waals surface area contributed by atoms with Gasteiger partial charge >= 0.3 is 6.16 Å². The van der Waals surface area contributed by atoms with E-state index in [-0.39, 0.29) is 24.5 Å². The fourth-order valence-electron chi connectivity index (χ4n) is 1.86. The summed E-state index contributed by atoms with van der Waals surface area (Å²) in [4.78, 5) is 50.4. The number of carbonyl (C=O) groups is 4. The smallest absolute Gasteiger partial charge is 0.393 e. The normalized spacial score (nSPS) is 13.9. The number of ether oxygens (including phenoxy) is 1. The molecule has 0 bridgehead atoms. The van der Waals surface area contributed by atoms with Crippen molar-refractivity contribution in [1.82, 2.24) is 10.4 Å². The van der Waals surface area contributed by atoms with Crippen LogP contribution in [0.1, 0.15) is 36.5 Å². The standard InChI is InChI=1S/C15H16N2O6/c1-2-9-16-14(20)10-3-5-11(6-4-10)22-15(21)23-17-12(18)7-8-13(17)19/h3-6H,2,7-9H2,1H3,(H,16,20). The second-order valence-electron chi connectivity index (χ2n) is 4.81. The van der Waals surface area contributed by atoms with Crippen LogP contribution < -0.4 is 10.1 Å². The number of imide groups is 1. The van der Waals surface area contributed by atoms with Gasteiger partial charge in [0.05, 0.1) is 0 Å². The van der Waals surface area contributed by atoms with Gasteiger partial charge in [0.2, 0.25) is 0 Å². The maximum Gasteiger partial charge on any atom is 0.539 e. The van der Waals surface area contributed by atoms with E-state index in [0.717, 1.165) is 6.42 Å². The first kappa shape index (κ1) is 16.5. The molecule has 0 aliphatic carbocycles. The van der Waals surface area contributed by atoms with E-state index in [1.54, 1.807) is 0 Å². The minimum absolute atomic E-state index is 0.00762. The SMILES string of the molecule is CCCNC(=O)c1ccc(OC(=O)ON2C(=O)CCC2=O)cc1. The second-order valence-corrected chi connectivity index (χ2v) is 4.81. The van der Waals surface area contributed by atoms with Gasteiger partial charge in [0.15, 0.2) is 0 Å². The lowest BCUT2D eigenvalue weighted by molar-refractivity contribution is -0.174. The average molecular weight is 320 g/mol. The van der Waals surface area contributed by atoms with Crippen molar-refractivity contribution in [3.8, 4) is 5.75 Å². The number of amides is 3. The highest BCUT2D eigenvalue weighted by molar-refractivity contribution is 6.01. The highest BCUT2D eigenvalue weighted by atomic mass is 16.8. The number of hydrogen-bond acceptors (Lipinski definition) is 6. The number of nitrogens with one attached hydrogen (secondary N) is 1. The number of carbonyl (C=O) groups excluding carboxylic acids is 4. The Morgan fingerprint density at radius 3 is 2.30 bits per heavy atom. The van der Waals surface area contributed by atoms with E-state index in [0.29, 0.717) is 17.2 Å². The zero-order chi connectivity index (χ0) is 16.8. The van der Waals surface area contributed by atoms with Crippen LogP contribution in [0, 0.1) is 0 Å². The first-order valence-electron chi connectivity index (χ1n) is 7.15. The average Bonchev–Trinajstić information content (AvgIpc) is 2.85. The molecule has 0 radical (unpaired) electrons. The Balaban J connectivity index is 1.90. The predicted octanol–water partition coefficient (Wildman–Crippen LogP) is 1.41. The van der Waals surface area contributed by atoms with Crippen LogP contribution in [-0.4, -0.2) is 35.5 Å². The molecule has 1 heterocycles. The number of benzene rings is 1. The summed E-state index contributed by atoms with van der Waals surface area (Å²) in [6, 6.07) is 5.80. The topological polar surface area (TPSA) is 102 Å². The molecular formula is C15H16N2O6. The van der Waals surface area contributed by atoms with E-state index in [9.17, 15) is 19.2 Å². The van der Waals surface area contributed by atoms with Crippen molar-refractivity contribution in [3.63, 3.8) is 0 Å². The fraction of sp³-hybridized carbons (Fsp3) is 0.333. The van der Waals surface area contributed by atoms with Gasteiger partial charge in [-0.15, -0.1) is 0 Å². The molecule has 0 aromatic heterocycles. The van der Waals surface area contributed by atoms with Crippen molar-refractivity contribution in [1.29, 1.82) is 0 Å². The summed E-state index contributed by atoms with van der Waals surface area (Å²) in [5.41, 5.74) is 0.420. The molecule has 1 aliphatic heterocycles. The van der Waals surface area contributed by atoms with Crippen molar-refractivity contribution in [2.75, 3.05) is 6.54 Å². The van der Waals surface area contributed by atoms with Crippen LogP contribution in [0.2, 0.25) is 0 Å². The molecule has 1 fully saturated rings. The van der Waals surface area contributed by atoms with Crippen LogP contribution in [0.25, 0.3) is 0 Å². The van der Waals surface area contributed by atoms with Crippen molar-refractivity contribution >= 4 is 23.9 Å². The largest absolute Gasteiger partial charge is 0.539 e. The van der Waals surface area contributed by atoms with E-state index in [2.05, 4.69) is 10.2 Å². The van der Waals surface area contributed by atoms with Crippen molar-refractivity contribution in [3.05, 3.63) is 29.8 Å². The van der Waals surface area contributed by atoms with E-state index in [1.807, 2.05) is 6.92 Å². The van der Waals surface area contributed by atoms with Gasteiger partial charge in [0.1, 0.15) is 5.75 Å². The van der Waals surface area contributed by atoms with Gasteiger partial charge < -0.3 is 10.1 Å². The van der Waals surface area contributed by atoms with Crippen LogP contribution in [0.5, 0.6) is 5.75 Å². The maximum absolute atomic E-state index is 11.7. The molecule has 0 spiro atoms. The summed E-state index contributed by atoms with van der Waals surface area (Å²) in [6.07, 6.45) is -0.356. The fourth-order valence-corrected chi connectivity index (χ4v) is 1.86. The molecule has 0 unspecified atom stereocenters. The molecule has 1 aliphatic rings. The lowest BCUT2D eigenvalue weighted by Gasteiger charge is -2.12. The van der Waals surface area contributed by atoms with Crippen LogP contribution in [0.3, 0.4) is 0 Å². The summed E-state index contributed by atoms with van der Waals surface area (Å²) in [5, 5.41) is 3.11. The molecule has 0 saturated carbocycles. The molecule has 2 rings (SSSR count). The lowest BCUT2D eigenvalue weighted by Crippen LogP contribution is -2.33. The molecule has 0 atom stereocenters. The van der Waals surface area contributed by atoms with Crippen LogP contribution >= 0.6 is 0 Å². The van der Waals surface area contributed by atoms with E-state index < -0.39 is 18.0 Å². The Morgan fingerprint density at radius 1 is 1.13 bits per heavy atom. The molecule has 23 heavy (non-hydrogen) atoms. The highest BCUT2D eigenvalue weighted by Gasteiger charge is 2.33. The Kier molecular flexibility index (Phi) is 5.29. The number of nitrogens with zero attached hydrogens (tertiary/aromatic N) is 1. The summed E-state index contributed by atoms with van der Waals surface area (Å²) in [5.74, 6) is -1.28. The molecule has 1 saturated heterocycles. The first-order valence-corrected chi connectivity index (χ1v) is 7.15.